The first-order valence-corrected chi connectivity index (χ1v) is 5.92. The van der Waals surface area contributed by atoms with Crippen LogP contribution < -0.4 is 0 Å². The monoisotopic (exact) mass is 196 g/mol. The van der Waals surface area contributed by atoms with Gasteiger partial charge >= 0.3 is 0 Å². The minimum absolute atomic E-state index is 0.345. The first-order valence-electron chi connectivity index (χ1n) is 5.92. The van der Waals surface area contributed by atoms with Gasteiger partial charge in [0.2, 0.25) is 0 Å². The Labute approximate surface area is 88.3 Å². The van der Waals surface area contributed by atoms with Gasteiger partial charge in [-0.25, -0.2) is 0 Å². The molecule has 2 heterocycles. The second-order valence-electron chi connectivity index (χ2n) is 6.18. The lowest BCUT2D eigenvalue weighted by Crippen LogP contribution is -2.61. The highest BCUT2D eigenvalue weighted by Gasteiger charge is 2.42. The molecular formula is C12H24N2. The largest absolute Gasteiger partial charge is 0.295 e. The van der Waals surface area contributed by atoms with Crippen LogP contribution in [0, 0.1) is 0 Å². The van der Waals surface area contributed by atoms with Crippen LogP contribution in [0.1, 0.15) is 40.5 Å². The maximum Gasteiger partial charge on any atom is 0.0309 e. The van der Waals surface area contributed by atoms with E-state index < -0.39 is 0 Å². The Morgan fingerprint density at radius 2 is 1.79 bits per heavy atom. The molecule has 0 aliphatic carbocycles. The minimum atomic E-state index is 0.345. The molecule has 2 aliphatic heterocycles. The molecule has 0 saturated carbocycles. The van der Waals surface area contributed by atoms with Crippen LogP contribution in [0.2, 0.25) is 0 Å². The molecule has 2 fully saturated rings. The SMILES string of the molecule is CC(C)(C)N1CCN2CCCC2(C)C1. The quantitative estimate of drug-likeness (QED) is 0.584. The number of hydrogen-bond acceptors (Lipinski definition) is 2. The molecule has 0 amide bonds. The summed E-state index contributed by atoms with van der Waals surface area (Å²) >= 11 is 0. The number of rotatable bonds is 0. The molecule has 2 rings (SSSR count). The van der Waals surface area contributed by atoms with Crippen molar-refractivity contribution in [2.75, 3.05) is 26.2 Å². The van der Waals surface area contributed by atoms with Crippen molar-refractivity contribution in [2.45, 2.75) is 51.6 Å². The molecule has 2 heteroatoms. The van der Waals surface area contributed by atoms with Gasteiger partial charge in [-0.2, -0.15) is 0 Å². The molecule has 0 N–H and O–H groups in total. The number of fused-ring (bicyclic) bond motifs is 1. The second kappa shape index (κ2) is 3.21. The molecule has 0 spiro atoms. The molecule has 2 saturated heterocycles. The third-order valence-corrected chi connectivity index (χ3v) is 4.03. The van der Waals surface area contributed by atoms with Crippen LogP contribution in [-0.2, 0) is 0 Å². The Morgan fingerprint density at radius 1 is 1.07 bits per heavy atom. The van der Waals surface area contributed by atoms with E-state index in [4.69, 9.17) is 0 Å². The third kappa shape index (κ3) is 1.70. The van der Waals surface area contributed by atoms with Gasteiger partial charge in [-0.3, -0.25) is 9.80 Å². The van der Waals surface area contributed by atoms with E-state index in [-0.39, 0.29) is 0 Å². The zero-order valence-corrected chi connectivity index (χ0v) is 10.1. The molecule has 1 unspecified atom stereocenters. The second-order valence-corrected chi connectivity index (χ2v) is 6.18. The van der Waals surface area contributed by atoms with E-state index in [1.54, 1.807) is 0 Å². The summed E-state index contributed by atoms with van der Waals surface area (Å²) in [5, 5.41) is 0. The van der Waals surface area contributed by atoms with Crippen molar-refractivity contribution in [3.63, 3.8) is 0 Å². The van der Waals surface area contributed by atoms with Gasteiger partial charge in [-0.05, 0) is 47.1 Å². The molecule has 0 aromatic carbocycles. The van der Waals surface area contributed by atoms with Gasteiger partial charge in [0.15, 0.2) is 0 Å². The average Bonchev–Trinajstić information content (AvgIpc) is 2.42. The molecule has 0 bridgehead atoms. The Morgan fingerprint density at radius 3 is 2.43 bits per heavy atom. The van der Waals surface area contributed by atoms with Crippen LogP contribution in [0.25, 0.3) is 0 Å². The van der Waals surface area contributed by atoms with E-state index in [0.717, 1.165) is 0 Å². The highest BCUT2D eigenvalue weighted by atomic mass is 15.3. The maximum absolute atomic E-state index is 2.69. The van der Waals surface area contributed by atoms with Crippen LogP contribution >= 0.6 is 0 Å². The fourth-order valence-electron chi connectivity index (χ4n) is 2.94. The van der Waals surface area contributed by atoms with Gasteiger partial charge in [0.25, 0.3) is 0 Å². The van der Waals surface area contributed by atoms with Crippen molar-refractivity contribution in [3.8, 4) is 0 Å². The summed E-state index contributed by atoms with van der Waals surface area (Å²) in [6.07, 6.45) is 2.79. The van der Waals surface area contributed by atoms with Crippen molar-refractivity contribution >= 4 is 0 Å². The van der Waals surface area contributed by atoms with Gasteiger partial charge in [-0.1, -0.05) is 0 Å². The maximum atomic E-state index is 2.69. The molecule has 82 valence electrons. The minimum Gasteiger partial charge on any atom is -0.295 e. The molecule has 0 aromatic rings. The third-order valence-electron chi connectivity index (χ3n) is 4.03. The highest BCUT2D eigenvalue weighted by molar-refractivity contribution is 5.00. The first kappa shape index (κ1) is 10.4. The Hall–Kier alpha value is -0.0800. The molecule has 0 aromatic heterocycles. The first-order chi connectivity index (χ1) is 6.42. The highest BCUT2D eigenvalue weighted by Crippen LogP contribution is 2.34. The van der Waals surface area contributed by atoms with Crippen molar-refractivity contribution < 1.29 is 0 Å². The number of nitrogens with zero attached hydrogens (tertiary/aromatic N) is 2. The summed E-state index contributed by atoms with van der Waals surface area (Å²) in [5.74, 6) is 0. The predicted molar refractivity (Wildman–Crippen MR) is 60.5 cm³/mol. The van der Waals surface area contributed by atoms with Crippen molar-refractivity contribution in [1.82, 2.24) is 9.80 Å². The van der Waals surface area contributed by atoms with Gasteiger partial charge in [0.05, 0.1) is 0 Å². The van der Waals surface area contributed by atoms with Gasteiger partial charge in [-0.15, -0.1) is 0 Å². The van der Waals surface area contributed by atoms with Crippen LogP contribution in [-0.4, -0.2) is 47.1 Å². The normalized spacial score (nSPS) is 36.0. The van der Waals surface area contributed by atoms with Gasteiger partial charge in [0.1, 0.15) is 0 Å². The zero-order chi connectivity index (χ0) is 10.4. The van der Waals surface area contributed by atoms with E-state index in [1.165, 1.54) is 39.0 Å². The standard InChI is InChI=1S/C12H24N2/c1-11(2,3)14-9-8-13-7-5-6-12(13,4)10-14/h5-10H2,1-4H3. The average molecular weight is 196 g/mol. The van der Waals surface area contributed by atoms with Crippen molar-refractivity contribution in [1.29, 1.82) is 0 Å². The predicted octanol–water partition coefficient (Wildman–Crippen LogP) is 1.95. The van der Waals surface area contributed by atoms with Crippen LogP contribution in [0.5, 0.6) is 0 Å². The molecular weight excluding hydrogens is 172 g/mol. The Kier molecular flexibility index (Phi) is 2.39. The molecule has 0 radical (unpaired) electrons. The number of piperazine rings is 1. The zero-order valence-electron chi connectivity index (χ0n) is 10.1. The molecule has 2 aliphatic rings. The van der Waals surface area contributed by atoms with Gasteiger partial charge < -0.3 is 0 Å². The van der Waals surface area contributed by atoms with Crippen LogP contribution in [0.4, 0.5) is 0 Å². The van der Waals surface area contributed by atoms with E-state index in [9.17, 15) is 0 Å². The summed E-state index contributed by atoms with van der Waals surface area (Å²) in [4.78, 5) is 5.34. The molecule has 2 nitrogen and oxygen atoms in total. The summed E-state index contributed by atoms with van der Waals surface area (Å²) < 4.78 is 0. The Balaban J connectivity index is 2.08. The summed E-state index contributed by atoms with van der Waals surface area (Å²) in [6.45, 7) is 14.6. The fourth-order valence-corrected chi connectivity index (χ4v) is 2.94. The van der Waals surface area contributed by atoms with E-state index in [0.29, 0.717) is 11.1 Å². The fraction of sp³-hybridized carbons (Fsp3) is 1.00. The summed E-state index contributed by atoms with van der Waals surface area (Å²) in [5.41, 5.74) is 0.823. The number of hydrogen-bond donors (Lipinski definition) is 0. The van der Waals surface area contributed by atoms with E-state index in [1.807, 2.05) is 0 Å². The van der Waals surface area contributed by atoms with Crippen molar-refractivity contribution in [2.24, 2.45) is 0 Å². The smallest absolute Gasteiger partial charge is 0.0309 e. The van der Waals surface area contributed by atoms with E-state index in [2.05, 4.69) is 37.5 Å². The summed E-state index contributed by atoms with van der Waals surface area (Å²) in [7, 11) is 0. The van der Waals surface area contributed by atoms with Crippen LogP contribution in [0.3, 0.4) is 0 Å². The van der Waals surface area contributed by atoms with Gasteiger partial charge in [0, 0.05) is 30.7 Å². The van der Waals surface area contributed by atoms with Crippen LogP contribution in [0.15, 0.2) is 0 Å². The lowest BCUT2D eigenvalue weighted by Gasteiger charge is -2.49. The molecule has 14 heavy (non-hydrogen) atoms. The molecule has 1 atom stereocenters. The Bertz CT molecular complexity index is 219. The lowest BCUT2D eigenvalue weighted by atomic mass is 9.92. The topological polar surface area (TPSA) is 6.48 Å². The van der Waals surface area contributed by atoms with E-state index >= 15 is 0 Å². The summed E-state index contributed by atoms with van der Waals surface area (Å²) in [6, 6.07) is 0. The van der Waals surface area contributed by atoms with Crippen molar-refractivity contribution in [3.05, 3.63) is 0 Å². The lowest BCUT2D eigenvalue weighted by molar-refractivity contribution is -0.00543.